The largest absolute Gasteiger partial charge is 0.457 e. The molecule has 4 aromatic heterocycles. The lowest BCUT2D eigenvalue weighted by molar-refractivity contribution is 0.484. The van der Waals surface area contributed by atoms with Gasteiger partial charge in [0, 0.05) is 33.8 Å². The van der Waals surface area contributed by atoms with E-state index < -0.39 is 0 Å². The third-order valence-corrected chi connectivity index (χ3v) is 10.7. The van der Waals surface area contributed by atoms with Gasteiger partial charge >= 0.3 is 0 Å². The van der Waals surface area contributed by atoms with E-state index >= 15 is 0 Å². The molecule has 0 saturated carbocycles. The zero-order valence-corrected chi connectivity index (χ0v) is 30.2. The van der Waals surface area contributed by atoms with Crippen LogP contribution in [-0.2, 0) is 0 Å². The average Bonchev–Trinajstić information content (AvgIpc) is 3.74. The van der Waals surface area contributed by atoms with Gasteiger partial charge in [0.05, 0.1) is 27.6 Å². The lowest BCUT2D eigenvalue weighted by atomic mass is 9.84. The zero-order chi connectivity index (χ0) is 35.8. The summed E-state index contributed by atoms with van der Waals surface area (Å²) in [6.07, 6.45) is 1.84. The van der Waals surface area contributed by atoms with Gasteiger partial charge in [-0.05, 0) is 112 Å². The summed E-state index contributed by atoms with van der Waals surface area (Å²) in [4.78, 5) is 9.91. The van der Waals surface area contributed by atoms with Crippen molar-refractivity contribution < 1.29 is 4.74 Å². The van der Waals surface area contributed by atoms with Gasteiger partial charge in [0.2, 0.25) is 0 Å². The Morgan fingerprint density at radius 1 is 0.509 bits per heavy atom. The molecular formula is C48H38N4O. The quantitative estimate of drug-likeness (QED) is 0.164. The van der Waals surface area contributed by atoms with E-state index in [2.05, 4.69) is 158 Å². The second-order valence-electron chi connectivity index (χ2n) is 14.6. The summed E-state index contributed by atoms with van der Waals surface area (Å²) in [5.41, 5.74) is 11.6. The molecule has 0 saturated heterocycles. The van der Waals surface area contributed by atoms with Gasteiger partial charge in [0.25, 0.3) is 0 Å². The lowest BCUT2D eigenvalue weighted by Crippen LogP contribution is -2.00. The minimum absolute atomic E-state index is 0.403. The molecule has 0 N–H and O–H groups in total. The van der Waals surface area contributed by atoms with Crippen LogP contribution in [0.1, 0.15) is 50.7 Å². The molecule has 0 aliphatic rings. The molecule has 6 aromatic carbocycles. The zero-order valence-electron chi connectivity index (χ0n) is 30.2. The first-order valence-corrected chi connectivity index (χ1v) is 18.5. The minimum atomic E-state index is 0.403. The van der Waals surface area contributed by atoms with E-state index in [9.17, 15) is 0 Å². The predicted octanol–water partition coefficient (Wildman–Crippen LogP) is 13.0. The smallest absolute Gasteiger partial charge is 0.146 e. The van der Waals surface area contributed by atoms with Crippen LogP contribution in [0.25, 0.3) is 77.1 Å². The van der Waals surface area contributed by atoms with Gasteiger partial charge < -0.3 is 4.74 Å². The summed E-state index contributed by atoms with van der Waals surface area (Å²) in [5.74, 6) is 3.20. The van der Waals surface area contributed by atoms with Crippen LogP contribution in [0.15, 0.2) is 146 Å². The number of imidazole rings is 1. The van der Waals surface area contributed by atoms with E-state index in [-0.39, 0.29) is 0 Å². The number of ether oxygens (including phenoxy) is 1. The van der Waals surface area contributed by atoms with Crippen molar-refractivity contribution in [3.05, 3.63) is 157 Å². The van der Waals surface area contributed by atoms with Gasteiger partial charge in [0.15, 0.2) is 0 Å². The fraction of sp³-hybridized carbons (Fsp3) is 0.125. The van der Waals surface area contributed by atoms with Crippen LogP contribution in [0, 0.1) is 0 Å². The van der Waals surface area contributed by atoms with E-state index in [4.69, 9.17) is 14.7 Å². The van der Waals surface area contributed by atoms with Crippen molar-refractivity contribution in [1.29, 1.82) is 0 Å². The number of para-hydroxylation sites is 3. The highest BCUT2D eigenvalue weighted by Crippen LogP contribution is 2.41. The van der Waals surface area contributed by atoms with E-state index in [0.29, 0.717) is 11.8 Å². The molecule has 256 valence electrons. The third-order valence-electron chi connectivity index (χ3n) is 10.7. The van der Waals surface area contributed by atoms with Crippen molar-refractivity contribution in [3.8, 4) is 28.4 Å². The SMILES string of the molecule is CC(C)c1cccc(C(C)C)c1-c1ccc2c(c1)c1ccc(Oc3ccc4c5ccccc5n(-c5ccccn5)c4c3)cc1c1nc3ccccc3n21. The summed E-state index contributed by atoms with van der Waals surface area (Å²) in [7, 11) is 0. The molecule has 0 fully saturated rings. The van der Waals surface area contributed by atoms with E-state index in [1.165, 1.54) is 33.0 Å². The van der Waals surface area contributed by atoms with Crippen molar-refractivity contribution in [2.45, 2.75) is 39.5 Å². The van der Waals surface area contributed by atoms with Gasteiger partial charge in [-0.2, -0.15) is 0 Å². The van der Waals surface area contributed by atoms with Crippen LogP contribution in [-0.4, -0.2) is 18.9 Å². The Hall–Kier alpha value is -6.46. The molecule has 0 amide bonds. The van der Waals surface area contributed by atoms with Crippen LogP contribution in [0.4, 0.5) is 0 Å². The van der Waals surface area contributed by atoms with Gasteiger partial charge in [-0.1, -0.05) is 88.4 Å². The fourth-order valence-corrected chi connectivity index (χ4v) is 8.33. The summed E-state index contributed by atoms with van der Waals surface area (Å²) in [6, 6.07) is 49.5. The maximum Gasteiger partial charge on any atom is 0.146 e. The van der Waals surface area contributed by atoms with E-state index in [0.717, 1.165) is 66.7 Å². The number of fused-ring (bicyclic) bond motifs is 11. The van der Waals surface area contributed by atoms with Crippen molar-refractivity contribution in [1.82, 2.24) is 18.9 Å². The van der Waals surface area contributed by atoms with Crippen molar-refractivity contribution in [3.63, 3.8) is 0 Å². The Bertz CT molecular complexity index is 3020. The molecule has 0 aliphatic heterocycles. The normalized spacial score (nSPS) is 12.1. The molecule has 0 unspecified atom stereocenters. The molecule has 4 heterocycles. The second-order valence-corrected chi connectivity index (χ2v) is 14.6. The van der Waals surface area contributed by atoms with Crippen LogP contribution in [0.3, 0.4) is 0 Å². The van der Waals surface area contributed by atoms with Crippen LogP contribution in [0.5, 0.6) is 11.5 Å². The maximum atomic E-state index is 6.72. The number of rotatable bonds is 6. The first-order valence-electron chi connectivity index (χ1n) is 18.5. The van der Waals surface area contributed by atoms with Crippen LogP contribution < -0.4 is 4.74 Å². The number of nitrogens with zero attached hydrogens (tertiary/aromatic N) is 4. The Kier molecular flexibility index (Phi) is 7.12. The topological polar surface area (TPSA) is 44.3 Å². The van der Waals surface area contributed by atoms with Gasteiger partial charge in [-0.3, -0.25) is 8.97 Å². The number of hydrogen-bond acceptors (Lipinski definition) is 3. The van der Waals surface area contributed by atoms with E-state index in [1.807, 2.05) is 24.4 Å². The highest BCUT2D eigenvalue weighted by molar-refractivity contribution is 6.15. The molecule has 0 aliphatic carbocycles. The molecule has 0 bridgehead atoms. The average molecular weight is 687 g/mol. The highest BCUT2D eigenvalue weighted by Gasteiger charge is 2.20. The molecule has 5 heteroatoms. The molecule has 53 heavy (non-hydrogen) atoms. The van der Waals surface area contributed by atoms with Crippen molar-refractivity contribution in [2.75, 3.05) is 0 Å². The van der Waals surface area contributed by atoms with Gasteiger partial charge in [0.1, 0.15) is 23.0 Å². The number of benzene rings is 6. The van der Waals surface area contributed by atoms with Crippen molar-refractivity contribution in [2.24, 2.45) is 0 Å². The Morgan fingerprint density at radius 3 is 1.98 bits per heavy atom. The molecule has 10 aromatic rings. The molecule has 5 nitrogen and oxygen atoms in total. The summed E-state index contributed by atoms with van der Waals surface area (Å²) in [6.45, 7) is 9.16. The molecular weight excluding hydrogens is 649 g/mol. The summed E-state index contributed by atoms with van der Waals surface area (Å²) < 4.78 is 11.2. The molecule has 0 atom stereocenters. The first kappa shape index (κ1) is 31.3. The Morgan fingerprint density at radius 2 is 1.21 bits per heavy atom. The molecule has 10 rings (SSSR count). The number of pyridine rings is 2. The number of aromatic nitrogens is 4. The minimum Gasteiger partial charge on any atom is -0.457 e. The second kappa shape index (κ2) is 12.1. The van der Waals surface area contributed by atoms with E-state index in [1.54, 1.807) is 0 Å². The van der Waals surface area contributed by atoms with Crippen LogP contribution in [0.2, 0.25) is 0 Å². The summed E-state index contributed by atoms with van der Waals surface area (Å²) >= 11 is 0. The highest BCUT2D eigenvalue weighted by atomic mass is 16.5. The van der Waals surface area contributed by atoms with Gasteiger partial charge in [-0.25, -0.2) is 9.97 Å². The third kappa shape index (κ3) is 4.91. The predicted molar refractivity (Wildman–Crippen MR) is 220 cm³/mol. The lowest BCUT2D eigenvalue weighted by Gasteiger charge is -2.21. The summed E-state index contributed by atoms with van der Waals surface area (Å²) in [5, 5.41) is 5.73. The standard InChI is InChI=1S/C48H38N4O/c1-29(2)34-13-11-14-35(30(3)4)47(34)31-19-24-43-39(26-31)36-22-20-32(27-40(36)48-50-41-15-6-8-17-44(41)52(43)48)53-33-21-23-38-37-12-5-7-16-42(37)51(45(38)28-33)46-18-9-10-25-49-46/h5-30H,1-4H3. The Labute approximate surface area is 307 Å². The monoisotopic (exact) mass is 686 g/mol. The number of hydrogen-bond donors (Lipinski definition) is 0. The van der Waals surface area contributed by atoms with Gasteiger partial charge in [-0.15, -0.1) is 0 Å². The maximum absolute atomic E-state index is 6.72. The fourth-order valence-electron chi connectivity index (χ4n) is 8.33. The first-order chi connectivity index (χ1) is 25.9. The van der Waals surface area contributed by atoms with Crippen LogP contribution >= 0.6 is 0 Å². The molecule has 0 spiro atoms. The molecule has 0 radical (unpaired) electrons. The Balaban J connectivity index is 1.18. The van der Waals surface area contributed by atoms with Crippen molar-refractivity contribution >= 4 is 60.2 Å².